The molecule has 1 aromatic heterocycles. The van der Waals surface area contributed by atoms with Crippen molar-refractivity contribution in [3.8, 4) is 11.5 Å². The van der Waals surface area contributed by atoms with Crippen molar-refractivity contribution in [3.05, 3.63) is 47.2 Å². The number of aromatic nitrogens is 2. The van der Waals surface area contributed by atoms with Crippen LogP contribution in [0.15, 0.2) is 47.2 Å². The molecule has 156 valence electrons. The maximum Gasteiger partial charge on any atom is 0.173 e. The summed E-state index contributed by atoms with van der Waals surface area (Å²) in [5.41, 5.74) is 1.80. The smallest absolute Gasteiger partial charge is 0.173 e. The number of piperazine rings is 1. The highest BCUT2D eigenvalue weighted by atomic mass is 79.9. The van der Waals surface area contributed by atoms with Crippen LogP contribution >= 0.6 is 28.1 Å². The van der Waals surface area contributed by atoms with Crippen molar-refractivity contribution in [2.24, 2.45) is 0 Å². The van der Waals surface area contributed by atoms with Gasteiger partial charge in [0.25, 0.3) is 0 Å². The Bertz CT molecular complexity index is 1070. The van der Waals surface area contributed by atoms with Gasteiger partial charge in [0.15, 0.2) is 16.6 Å². The minimum atomic E-state index is 0.656. The zero-order valence-electron chi connectivity index (χ0n) is 16.8. The highest BCUT2D eigenvalue weighted by molar-refractivity contribution is 9.10. The molecule has 4 rings (SSSR count). The zero-order chi connectivity index (χ0) is 21.1. The molecule has 0 saturated carbocycles. The van der Waals surface area contributed by atoms with Crippen molar-refractivity contribution >= 4 is 55.7 Å². The van der Waals surface area contributed by atoms with Crippen molar-refractivity contribution in [2.45, 2.75) is 0 Å². The summed E-state index contributed by atoms with van der Waals surface area (Å²) in [6.07, 6.45) is 1.59. The average molecular weight is 488 g/mol. The van der Waals surface area contributed by atoms with E-state index >= 15 is 0 Å². The van der Waals surface area contributed by atoms with Gasteiger partial charge >= 0.3 is 0 Å². The third kappa shape index (κ3) is 4.27. The molecule has 2 heterocycles. The SMILES string of the molecule is COc1cc2ncnc(N3CCN(C(=S)Nc4cccc(Br)c4)CC3)c2cc1OC. The van der Waals surface area contributed by atoms with E-state index in [1.54, 1.807) is 20.5 Å². The second-order valence-corrected chi connectivity index (χ2v) is 8.14. The molecule has 0 atom stereocenters. The lowest BCUT2D eigenvalue weighted by Crippen LogP contribution is -2.50. The summed E-state index contributed by atoms with van der Waals surface area (Å²) >= 11 is 9.11. The number of fused-ring (bicyclic) bond motifs is 1. The quantitative estimate of drug-likeness (QED) is 0.555. The third-order valence-electron chi connectivity index (χ3n) is 5.06. The molecule has 1 N–H and O–H groups in total. The van der Waals surface area contributed by atoms with E-state index in [1.165, 1.54) is 0 Å². The number of anilines is 2. The number of ether oxygens (including phenoxy) is 2. The minimum absolute atomic E-state index is 0.656. The van der Waals surface area contributed by atoms with Gasteiger partial charge in [-0.15, -0.1) is 0 Å². The van der Waals surface area contributed by atoms with E-state index in [-0.39, 0.29) is 0 Å². The number of rotatable bonds is 4. The van der Waals surface area contributed by atoms with Crippen LogP contribution in [0.4, 0.5) is 11.5 Å². The Morgan fingerprint density at radius 3 is 2.47 bits per heavy atom. The van der Waals surface area contributed by atoms with Crippen molar-refractivity contribution in [1.29, 1.82) is 0 Å². The van der Waals surface area contributed by atoms with Gasteiger partial charge in [-0.05, 0) is 36.5 Å². The highest BCUT2D eigenvalue weighted by Crippen LogP contribution is 2.34. The number of nitrogens with zero attached hydrogens (tertiary/aromatic N) is 4. The number of halogens is 1. The Balaban J connectivity index is 1.48. The molecule has 30 heavy (non-hydrogen) atoms. The number of hydrogen-bond acceptors (Lipinski definition) is 6. The highest BCUT2D eigenvalue weighted by Gasteiger charge is 2.22. The maximum absolute atomic E-state index is 5.62. The second-order valence-electron chi connectivity index (χ2n) is 6.84. The summed E-state index contributed by atoms with van der Waals surface area (Å²) in [6.45, 7) is 3.22. The fraction of sp³-hybridized carbons (Fsp3) is 0.286. The molecule has 0 bridgehead atoms. The van der Waals surface area contributed by atoms with E-state index in [0.717, 1.165) is 58.2 Å². The molecule has 0 aliphatic carbocycles. The first-order valence-electron chi connectivity index (χ1n) is 9.52. The molecule has 7 nitrogen and oxygen atoms in total. The number of hydrogen-bond donors (Lipinski definition) is 1. The molecule has 2 aromatic carbocycles. The fourth-order valence-corrected chi connectivity index (χ4v) is 4.21. The van der Waals surface area contributed by atoms with Gasteiger partial charge in [-0.1, -0.05) is 22.0 Å². The van der Waals surface area contributed by atoms with E-state index < -0.39 is 0 Å². The van der Waals surface area contributed by atoms with Crippen LogP contribution in [-0.2, 0) is 0 Å². The van der Waals surface area contributed by atoms with Gasteiger partial charge in [-0.25, -0.2) is 9.97 Å². The Kier molecular flexibility index (Phi) is 6.19. The summed E-state index contributed by atoms with van der Waals surface area (Å²) in [6, 6.07) is 11.8. The summed E-state index contributed by atoms with van der Waals surface area (Å²) in [4.78, 5) is 13.4. The van der Waals surface area contributed by atoms with Gasteiger partial charge in [0.2, 0.25) is 0 Å². The van der Waals surface area contributed by atoms with Crippen molar-refractivity contribution in [1.82, 2.24) is 14.9 Å². The Morgan fingerprint density at radius 1 is 1.03 bits per heavy atom. The van der Waals surface area contributed by atoms with Crippen LogP contribution in [0.1, 0.15) is 0 Å². The zero-order valence-corrected chi connectivity index (χ0v) is 19.2. The van der Waals surface area contributed by atoms with E-state index in [0.29, 0.717) is 11.5 Å². The number of benzene rings is 2. The van der Waals surface area contributed by atoms with E-state index in [9.17, 15) is 0 Å². The third-order valence-corrected chi connectivity index (χ3v) is 5.92. The van der Waals surface area contributed by atoms with Crippen LogP contribution in [0, 0.1) is 0 Å². The monoisotopic (exact) mass is 487 g/mol. The molecule has 1 saturated heterocycles. The van der Waals surface area contributed by atoms with Gasteiger partial charge in [0.05, 0.1) is 19.7 Å². The minimum Gasteiger partial charge on any atom is -0.493 e. The lowest BCUT2D eigenvalue weighted by atomic mass is 10.2. The molecule has 0 spiro atoms. The Morgan fingerprint density at radius 2 is 1.77 bits per heavy atom. The van der Waals surface area contributed by atoms with Crippen LogP contribution in [0.2, 0.25) is 0 Å². The molecule has 0 amide bonds. The largest absolute Gasteiger partial charge is 0.493 e. The normalized spacial score (nSPS) is 14.0. The van der Waals surface area contributed by atoms with Gasteiger partial charge in [-0.2, -0.15) is 0 Å². The predicted molar refractivity (Wildman–Crippen MR) is 127 cm³/mol. The van der Waals surface area contributed by atoms with Crippen LogP contribution in [-0.4, -0.2) is 60.4 Å². The Hall–Kier alpha value is -2.65. The summed E-state index contributed by atoms with van der Waals surface area (Å²) < 4.78 is 11.9. The molecule has 0 unspecified atom stereocenters. The average Bonchev–Trinajstić information content (AvgIpc) is 2.77. The summed E-state index contributed by atoms with van der Waals surface area (Å²) in [7, 11) is 3.25. The molecule has 1 aliphatic rings. The molecule has 3 aromatic rings. The first kappa shape index (κ1) is 20.6. The van der Waals surface area contributed by atoms with Gasteiger partial charge in [0.1, 0.15) is 12.1 Å². The standard InChI is InChI=1S/C21H22BrN5O2S/c1-28-18-11-16-17(12-19(18)29-2)23-13-24-20(16)26-6-8-27(9-7-26)21(30)25-15-5-3-4-14(22)10-15/h3-5,10-13H,6-9H2,1-2H3,(H,25,30). The van der Waals surface area contributed by atoms with Crippen molar-refractivity contribution < 1.29 is 9.47 Å². The molecular formula is C21H22BrN5O2S. The fourth-order valence-electron chi connectivity index (χ4n) is 3.51. The number of methoxy groups -OCH3 is 2. The molecular weight excluding hydrogens is 466 g/mol. The van der Waals surface area contributed by atoms with Crippen LogP contribution in [0.5, 0.6) is 11.5 Å². The van der Waals surface area contributed by atoms with E-state index in [2.05, 4.69) is 41.0 Å². The summed E-state index contributed by atoms with van der Waals surface area (Å²) in [5.74, 6) is 2.22. The maximum atomic E-state index is 5.62. The lowest BCUT2D eigenvalue weighted by Gasteiger charge is -2.37. The second kappa shape index (κ2) is 9.01. The number of nitrogens with one attached hydrogen (secondary N) is 1. The molecule has 1 fully saturated rings. The molecule has 0 radical (unpaired) electrons. The predicted octanol–water partition coefficient (Wildman–Crippen LogP) is 3.93. The van der Waals surface area contributed by atoms with Crippen LogP contribution in [0.3, 0.4) is 0 Å². The van der Waals surface area contributed by atoms with E-state index in [1.807, 2.05) is 36.4 Å². The van der Waals surface area contributed by atoms with Crippen LogP contribution in [0.25, 0.3) is 10.9 Å². The van der Waals surface area contributed by atoms with Gasteiger partial charge < -0.3 is 24.6 Å². The summed E-state index contributed by atoms with van der Waals surface area (Å²) in [5, 5.41) is 4.99. The van der Waals surface area contributed by atoms with Crippen molar-refractivity contribution in [3.63, 3.8) is 0 Å². The van der Waals surface area contributed by atoms with Crippen LogP contribution < -0.4 is 19.7 Å². The first-order chi connectivity index (χ1) is 14.6. The van der Waals surface area contributed by atoms with Gasteiger partial charge in [-0.3, -0.25) is 0 Å². The molecule has 9 heteroatoms. The number of thiocarbonyl (C=S) groups is 1. The lowest BCUT2D eigenvalue weighted by molar-refractivity contribution is 0.355. The van der Waals surface area contributed by atoms with E-state index in [4.69, 9.17) is 21.7 Å². The van der Waals surface area contributed by atoms with Gasteiger partial charge in [0, 0.05) is 47.8 Å². The first-order valence-corrected chi connectivity index (χ1v) is 10.7. The Labute approximate surface area is 189 Å². The molecule has 1 aliphatic heterocycles. The van der Waals surface area contributed by atoms with Crippen molar-refractivity contribution in [2.75, 3.05) is 50.6 Å². The topological polar surface area (TPSA) is 62.8 Å².